The highest BCUT2D eigenvalue weighted by molar-refractivity contribution is 6.01. The zero-order valence-electron chi connectivity index (χ0n) is 19.0. The highest BCUT2D eigenvalue weighted by atomic mass is 16.6. The summed E-state index contributed by atoms with van der Waals surface area (Å²) in [4.78, 5) is 46.5. The third-order valence-electron chi connectivity index (χ3n) is 4.01. The predicted molar refractivity (Wildman–Crippen MR) is 115 cm³/mol. The van der Waals surface area contributed by atoms with Crippen LogP contribution < -0.4 is 4.74 Å². The van der Waals surface area contributed by atoms with E-state index < -0.39 is 35.4 Å². The van der Waals surface area contributed by atoms with E-state index in [0.717, 1.165) is 0 Å². The Morgan fingerprint density at radius 2 is 1.48 bits per heavy atom. The van der Waals surface area contributed by atoms with Gasteiger partial charge in [0.05, 0.1) is 12.8 Å². The number of hydrogen-bond donors (Lipinski definition) is 2. The van der Waals surface area contributed by atoms with E-state index in [0.29, 0.717) is 11.3 Å². The number of esters is 3. The maximum Gasteiger partial charge on any atom is 0.333 e. The zero-order valence-corrected chi connectivity index (χ0v) is 19.0. The Bertz CT molecular complexity index is 836. The summed E-state index contributed by atoms with van der Waals surface area (Å²) in [6.07, 6.45) is -1.65. The molecule has 182 valence electrons. The average Bonchev–Trinajstić information content (AvgIpc) is 2.76. The van der Waals surface area contributed by atoms with Crippen molar-refractivity contribution in [2.45, 2.75) is 45.3 Å². The van der Waals surface area contributed by atoms with Gasteiger partial charge in [-0.2, -0.15) is 0 Å². The van der Waals surface area contributed by atoms with Crippen molar-refractivity contribution in [3.8, 4) is 5.75 Å². The smallest absolute Gasteiger partial charge is 0.333 e. The molecule has 2 N–H and O–H groups in total. The molecule has 0 bridgehead atoms. The molecular formula is C23H30O10. The molecule has 1 atom stereocenters. The summed E-state index contributed by atoms with van der Waals surface area (Å²) in [5.74, 6) is -1.96. The van der Waals surface area contributed by atoms with Gasteiger partial charge >= 0.3 is 17.9 Å². The number of hydrogen-bond acceptors (Lipinski definition) is 10. The van der Waals surface area contributed by atoms with E-state index in [4.69, 9.17) is 18.9 Å². The summed E-state index contributed by atoms with van der Waals surface area (Å²) in [6, 6.07) is 6.17. The van der Waals surface area contributed by atoms with Gasteiger partial charge in [0.2, 0.25) is 0 Å². The molecule has 33 heavy (non-hydrogen) atoms. The molecule has 0 amide bonds. The Morgan fingerprint density at radius 1 is 0.939 bits per heavy atom. The molecule has 0 aliphatic rings. The first-order valence-electron chi connectivity index (χ1n) is 10.2. The second-order valence-electron chi connectivity index (χ2n) is 7.70. The molecule has 10 nitrogen and oxygen atoms in total. The minimum absolute atomic E-state index is 0.0506. The molecule has 1 rings (SSSR count). The molecular weight excluding hydrogens is 436 g/mol. The van der Waals surface area contributed by atoms with Crippen LogP contribution in [-0.4, -0.2) is 72.0 Å². The van der Waals surface area contributed by atoms with Gasteiger partial charge in [0.15, 0.2) is 5.78 Å². The van der Waals surface area contributed by atoms with Gasteiger partial charge < -0.3 is 29.2 Å². The number of ketones is 1. The summed E-state index contributed by atoms with van der Waals surface area (Å²) in [6.45, 7) is 6.94. The first-order chi connectivity index (χ1) is 15.4. The van der Waals surface area contributed by atoms with Crippen LogP contribution in [0.2, 0.25) is 0 Å². The maximum atomic E-state index is 12.0. The van der Waals surface area contributed by atoms with E-state index in [1.54, 1.807) is 12.1 Å². The number of carbonyl (C=O) groups is 4. The number of aliphatic hydroxyl groups excluding tert-OH is 1. The van der Waals surface area contributed by atoms with Crippen molar-refractivity contribution in [2.75, 3.05) is 26.4 Å². The Kier molecular flexibility index (Phi) is 11.2. The van der Waals surface area contributed by atoms with Gasteiger partial charge in [-0.05, 0) is 45.0 Å². The minimum Gasteiger partial charge on any atom is -0.490 e. The van der Waals surface area contributed by atoms with Gasteiger partial charge in [-0.25, -0.2) is 4.79 Å². The molecule has 0 saturated carbocycles. The molecule has 0 aliphatic carbocycles. The van der Waals surface area contributed by atoms with Gasteiger partial charge in [0.1, 0.15) is 43.9 Å². The van der Waals surface area contributed by atoms with Gasteiger partial charge in [-0.1, -0.05) is 6.58 Å². The number of rotatable bonds is 14. The summed E-state index contributed by atoms with van der Waals surface area (Å²) in [7, 11) is 0. The number of ether oxygens (including phenoxy) is 4. The molecule has 0 spiro atoms. The monoisotopic (exact) mass is 466 g/mol. The van der Waals surface area contributed by atoms with Crippen molar-refractivity contribution in [1.82, 2.24) is 0 Å². The minimum atomic E-state index is -1.47. The maximum absolute atomic E-state index is 12.0. The lowest BCUT2D eigenvalue weighted by Gasteiger charge is -2.15. The van der Waals surface area contributed by atoms with Crippen LogP contribution in [0.1, 0.15) is 44.0 Å². The molecule has 0 aromatic heterocycles. The third kappa shape index (κ3) is 11.3. The van der Waals surface area contributed by atoms with E-state index in [9.17, 15) is 29.4 Å². The summed E-state index contributed by atoms with van der Waals surface area (Å²) < 4.78 is 19.9. The van der Waals surface area contributed by atoms with Crippen molar-refractivity contribution in [3.05, 3.63) is 42.0 Å². The van der Waals surface area contributed by atoms with E-state index >= 15 is 0 Å². The Balaban J connectivity index is 2.19. The second kappa shape index (κ2) is 13.3. The average molecular weight is 466 g/mol. The lowest BCUT2D eigenvalue weighted by atomic mass is 9.97. The van der Waals surface area contributed by atoms with Crippen LogP contribution >= 0.6 is 0 Å². The number of carbonyl (C=O) groups excluding carboxylic acids is 4. The number of benzene rings is 1. The first kappa shape index (κ1) is 27.8. The van der Waals surface area contributed by atoms with Crippen LogP contribution in [0.25, 0.3) is 0 Å². The largest absolute Gasteiger partial charge is 0.490 e. The van der Waals surface area contributed by atoms with Crippen molar-refractivity contribution in [3.63, 3.8) is 0 Å². The van der Waals surface area contributed by atoms with Crippen molar-refractivity contribution in [2.24, 2.45) is 0 Å². The SMILES string of the molecule is C=C(C)C(=O)OCC(O)COC(=O)CCC(=O)OCCOc1ccc(C(=O)C(C)(C)O)cc1. The van der Waals surface area contributed by atoms with Crippen molar-refractivity contribution in [1.29, 1.82) is 0 Å². The fourth-order valence-electron chi connectivity index (χ4n) is 2.25. The third-order valence-corrected chi connectivity index (χ3v) is 4.01. The topological polar surface area (TPSA) is 146 Å². The number of Topliss-reactive ketones (excluding diaryl/α,β-unsaturated/α-hetero) is 1. The summed E-state index contributed by atoms with van der Waals surface area (Å²) in [5, 5.41) is 19.3. The van der Waals surface area contributed by atoms with Gasteiger partial charge in [0.25, 0.3) is 0 Å². The van der Waals surface area contributed by atoms with E-state index in [1.165, 1.54) is 32.9 Å². The molecule has 10 heteroatoms. The van der Waals surface area contributed by atoms with Crippen LogP contribution in [0.3, 0.4) is 0 Å². The quantitative estimate of drug-likeness (QED) is 0.135. The second-order valence-corrected chi connectivity index (χ2v) is 7.70. The standard InChI is InChI=1S/C23H30O10/c1-15(2)22(28)33-14-17(24)13-32-20(26)10-9-19(25)31-12-11-30-18-7-5-16(6-8-18)21(27)23(3,4)29/h5-8,17,24,29H,1,9-14H2,2-4H3. The van der Waals surface area contributed by atoms with Crippen molar-refractivity contribution < 1.29 is 48.3 Å². The van der Waals surface area contributed by atoms with Gasteiger partial charge in [-0.3, -0.25) is 14.4 Å². The van der Waals surface area contributed by atoms with E-state index in [2.05, 4.69) is 6.58 Å². The van der Waals surface area contributed by atoms with Crippen LogP contribution in [0, 0.1) is 0 Å². The predicted octanol–water partition coefficient (Wildman–Crippen LogP) is 1.37. The Labute approximate surface area is 192 Å². The summed E-state index contributed by atoms with van der Waals surface area (Å²) >= 11 is 0. The molecule has 1 aromatic rings. The van der Waals surface area contributed by atoms with Crippen LogP contribution in [0.15, 0.2) is 36.4 Å². The zero-order chi connectivity index (χ0) is 25.0. The van der Waals surface area contributed by atoms with Gasteiger partial charge in [-0.15, -0.1) is 0 Å². The Hall–Kier alpha value is -3.24. The van der Waals surface area contributed by atoms with E-state index in [-0.39, 0.29) is 44.8 Å². The van der Waals surface area contributed by atoms with Crippen LogP contribution in [0.4, 0.5) is 0 Å². The highest BCUT2D eigenvalue weighted by Crippen LogP contribution is 2.17. The highest BCUT2D eigenvalue weighted by Gasteiger charge is 2.25. The normalized spacial score (nSPS) is 11.8. The first-order valence-corrected chi connectivity index (χ1v) is 10.2. The van der Waals surface area contributed by atoms with Crippen LogP contribution in [-0.2, 0) is 28.6 Å². The molecule has 0 fully saturated rings. The molecule has 0 heterocycles. The number of aliphatic hydroxyl groups is 2. The Morgan fingerprint density at radius 3 is 2.03 bits per heavy atom. The lowest BCUT2D eigenvalue weighted by Crippen LogP contribution is -2.30. The van der Waals surface area contributed by atoms with Gasteiger partial charge in [0, 0.05) is 11.1 Å². The lowest BCUT2D eigenvalue weighted by molar-refractivity contribution is -0.154. The molecule has 1 unspecified atom stereocenters. The van der Waals surface area contributed by atoms with Crippen molar-refractivity contribution >= 4 is 23.7 Å². The van der Waals surface area contributed by atoms with Crippen LogP contribution in [0.5, 0.6) is 5.75 Å². The molecule has 1 aromatic carbocycles. The molecule has 0 saturated heterocycles. The molecule has 0 radical (unpaired) electrons. The summed E-state index contributed by atoms with van der Waals surface area (Å²) in [5.41, 5.74) is -0.948. The van der Waals surface area contributed by atoms with E-state index in [1.807, 2.05) is 0 Å². The fourth-order valence-corrected chi connectivity index (χ4v) is 2.25. The fraction of sp³-hybridized carbons (Fsp3) is 0.478. The molecule has 0 aliphatic heterocycles.